The molecule has 0 fully saturated rings. The molecular weight excluding hydrogens is 275 g/mol. The van der Waals surface area contributed by atoms with Crippen molar-refractivity contribution in [2.24, 2.45) is 0 Å². The lowest BCUT2D eigenvalue weighted by molar-refractivity contribution is -0.136. The van der Waals surface area contributed by atoms with E-state index in [1.54, 1.807) is 7.05 Å². The van der Waals surface area contributed by atoms with Crippen LogP contribution in [0, 0.1) is 0 Å². The Bertz CT molecular complexity index is 427. The molecule has 0 saturated heterocycles. The number of alkyl halides is 3. The maximum atomic E-state index is 12.3. The van der Waals surface area contributed by atoms with Crippen LogP contribution in [0.5, 0.6) is 6.01 Å². The Morgan fingerprint density at radius 2 is 1.85 bits per heavy atom. The second-order valence-corrected chi connectivity index (χ2v) is 4.23. The van der Waals surface area contributed by atoms with Crippen molar-refractivity contribution in [2.45, 2.75) is 38.9 Å². The predicted octanol–water partition coefficient (Wildman–Crippen LogP) is 2.45. The van der Waals surface area contributed by atoms with Gasteiger partial charge in [0.05, 0.1) is 13.0 Å². The highest BCUT2D eigenvalue weighted by Gasteiger charge is 2.30. The van der Waals surface area contributed by atoms with Gasteiger partial charge in [0.2, 0.25) is 11.9 Å². The molecule has 1 rings (SSSR count). The van der Waals surface area contributed by atoms with Gasteiger partial charge in [0.15, 0.2) is 0 Å². The molecule has 0 bridgehead atoms. The third-order valence-electron chi connectivity index (χ3n) is 2.19. The Balaban J connectivity index is 2.77. The fourth-order valence-corrected chi connectivity index (χ4v) is 1.41. The van der Waals surface area contributed by atoms with Gasteiger partial charge in [-0.1, -0.05) is 6.92 Å². The summed E-state index contributed by atoms with van der Waals surface area (Å²) >= 11 is 0. The van der Waals surface area contributed by atoms with Gasteiger partial charge in [-0.15, -0.1) is 0 Å². The minimum Gasteiger partial charge on any atom is -0.463 e. The van der Waals surface area contributed by atoms with E-state index in [2.05, 4.69) is 25.6 Å². The van der Waals surface area contributed by atoms with Crippen molar-refractivity contribution >= 4 is 11.9 Å². The first-order valence-corrected chi connectivity index (χ1v) is 6.24. The molecule has 0 saturated carbocycles. The standard InChI is InChI=1S/C11H18F3N5O/c1-4-5-20-10-18-8(15-3)17-9(19-10)16-7(2)6-11(12,13)14/h7H,4-6H2,1-3H3,(H2,15,16,17,18,19). The van der Waals surface area contributed by atoms with Crippen molar-refractivity contribution in [2.75, 3.05) is 24.3 Å². The molecule has 114 valence electrons. The monoisotopic (exact) mass is 293 g/mol. The molecule has 1 atom stereocenters. The van der Waals surface area contributed by atoms with Crippen molar-refractivity contribution in [3.05, 3.63) is 0 Å². The summed E-state index contributed by atoms with van der Waals surface area (Å²) in [6, 6.07) is -0.769. The number of anilines is 2. The molecule has 1 heterocycles. The highest BCUT2D eigenvalue weighted by molar-refractivity contribution is 5.35. The van der Waals surface area contributed by atoms with Crippen LogP contribution in [-0.2, 0) is 0 Å². The molecule has 0 radical (unpaired) electrons. The number of hydrogen-bond donors (Lipinski definition) is 2. The zero-order chi connectivity index (χ0) is 15.2. The van der Waals surface area contributed by atoms with Crippen LogP contribution in [0.3, 0.4) is 0 Å². The third kappa shape index (κ3) is 5.89. The third-order valence-corrected chi connectivity index (χ3v) is 2.19. The molecule has 0 aliphatic rings. The lowest BCUT2D eigenvalue weighted by Crippen LogP contribution is -2.25. The molecule has 1 aromatic heterocycles. The molecule has 1 unspecified atom stereocenters. The van der Waals surface area contributed by atoms with Gasteiger partial charge in [-0.05, 0) is 13.3 Å². The number of hydrogen-bond acceptors (Lipinski definition) is 6. The Kier molecular flexibility index (Phi) is 5.78. The second kappa shape index (κ2) is 7.11. The first-order valence-electron chi connectivity index (χ1n) is 6.24. The number of aromatic nitrogens is 3. The lowest BCUT2D eigenvalue weighted by atomic mass is 10.2. The minimum atomic E-state index is -4.24. The number of ether oxygens (including phenoxy) is 1. The second-order valence-electron chi connectivity index (χ2n) is 4.23. The zero-order valence-electron chi connectivity index (χ0n) is 11.6. The zero-order valence-corrected chi connectivity index (χ0v) is 11.6. The number of rotatable bonds is 7. The summed E-state index contributed by atoms with van der Waals surface area (Å²) in [7, 11) is 1.60. The van der Waals surface area contributed by atoms with E-state index in [4.69, 9.17) is 4.74 Å². The Morgan fingerprint density at radius 1 is 1.20 bits per heavy atom. The SMILES string of the molecule is CCCOc1nc(NC)nc(NC(C)CC(F)(F)F)n1. The van der Waals surface area contributed by atoms with Crippen LogP contribution in [0.15, 0.2) is 0 Å². The van der Waals surface area contributed by atoms with Crippen LogP contribution in [0.1, 0.15) is 26.7 Å². The van der Waals surface area contributed by atoms with Crippen molar-refractivity contribution in [3.8, 4) is 6.01 Å². The number of nitrogens with one attached hydrogen (secondary N) is 2. The molecule has 0 aliphatic carbocycles. The van der Waals surface area contributed by atoms with Gasteiger partial charge in [0, 0.05) is 13.1 Å². The molecule has 20 heavy (non-hydrogen) atoms. The number of halogens is 3. The molecule has 0 aromatic carbocycles. The van der Waals surface area contributed by atoms with Gasteiger partial charge >= 0.3 is 12.2 Å². The molecular formula is C11H18F3N5O. The predicted molar refractivity (Wildman–Crippen MR) is 68.9 cm³/mol. The largest absolute Gasteiger partial charge is 0.463 e. The van der Waals surface area contributed by atoms with Gasteiger partial charge < -0.3 is 15.4 Å². The smallest absolute Gasteiger partial charge is 0.391 e. The van der Waals surface area contributed by atoms with Crippen LogP contribution >= 0.6 is 0 Å². The average molecular weight is 293 g/mol. The first-order chi connectivity index (χ1) is 9.34. The highest BCUT2D eigenvalue weighted by Crippen LogP contribution is 2.23. The summed E-state index contributed by atoms with van der Waals surface area (Å²) in [4.78, 5) is 11.8. The molecule has 1 aromatic rings. The van der Waals surface area contributed by atoms with Crippen LogP contribution in [0.4, 0.5) is 25.1 Å². The van der Waals surface area contributed by atoms with E-state index in [-0.39, 0.29) is 17.9 Å². The molecule has 0 amide bonds. The lowest BCUT2D eigenvalue weighted by Gasteiger charge is -2.16. The van der Waals surface area contributed by atoms with E-state index in [0.717, 1.165) is 6.42 Å². The molecule has 0 spiro atoms. The fraction of sp³-hybridized carbons (Fsp3) is 0.727. The summed E-state index contributed by atoms with van der Waals surface area (Å²) in [5.41, 5.74) is 0. The first kappa shape index (κ1) is 16.3. The normalized spacial score (nSPS) is 12.9. The van der Waals surface area contributed by atoms with E-state index >= 15 is 0 Å². The summed E-state index contributed by atoms with van der Waals surface area (Å²) in [6.07, 6.45) is -4.45. The quantitative estimate of drug-likeness (QED) is 0.804. The molecule has 6 nitrogen and oxygen atoms in total. The Hall–Kier alpha value is -1.80. The highest BCUT2D eigenvalue weighted by atomic mass is 19.4. The Labute approximate surface area is 115 Å². The number of nitrogens with zero attached hydrogens (tertiary/aromatic N) is 3. The van der Waals surface area contributed by atoms with E-state index < -0.39 is 18.6 Å². The van der Waals surface area contributed by atoms with Crippen LogP contribution in [0.25, 0.3) is 0 Å². The molecule has 0 aliphatic heterocycles. The van der Waals surface area contributed by atoms with Crippen molar-refractivity contribution in [1.82, 2.24) is 15.0 Å². The fourth-order valence-electron chi connectivity index (χ4n) is 1.41. The van der Waals surface area contributed by atoms with E-state index in [9.17, 15) is 13.2 Å². The van der Waals surface area contributed by atoms with E-state index in [1.807, 2.05) is 6.92 Å². The van der Waals surface area contributed by atoms with E-state index in [0.29, 0.717) is 6.61 Å². The van der Waals surface area contributed by atoms with E-state index in [1.165, 1.54) is 6.92 Å². The summed E-state index contributed by atoms with van der Waals surface area (Å²) in [5.74, 6) is 0.278. The van der Waals surface area contributed by atoms with Crippen LogP contribution < -0.4 is 15.4 Å². The summed E-state index contributed by atoms with van der Waals surface area (Å²) in [6.45, 7) is 3.75. The topological polar surface area (TPSA) is 72.0 Å². The maximum absolute atomic E-state index is 12.3. The summed E-state index contributed by atoms with van der Waals surface area (Å²) in [5, 5.41) is 5.29. The average Bonchev–Trinajstić information content (AvgIpc) is 2.33. The minimum absolute atomic E-state index is 0.0483. The summed E-state index contributed by atoms with van der Waals surface area (Å²) < 4.78 is 42.1. The van der Waals surface area contributed by atoms with Gasteiger partial charge in [-0.2, -0.15) is 28.1 Å². The molecule has 9 heteroatoms. The van der Waals surface area contributed by atoms with Gasteiger partial charge in [0.1, 0.15) is 0 Å². The maximum Gasteiger partial charge on any atom is 0.391 e. The van der Waals surface area contributed by atoms with Gasteiger partial charge in [0.25, 0.3) is 0 Å². The van der Waals surface area contributed by atoms with Crippen LogP contribution in [0.2, 0.25) is 0 Å². The van der Waals surface area contributed by atoms with Crippen molar-refractivity contribution < 1.29 is 17.9 Å². The van der Waals surface area contributed by atoms with Crippen molar-refractivity contribution in [1.29, 1.82) is 0 Å². The van der Waals surface area contributed by atoms with Crippen LogP contribution in [-0.4, -0.2) is 40.8 Å². The van der Waals surface area contributed by atoms with Crippen molar-refractivity contribution in [3.63, 3.8) is 0 Å². The van der Waals surface area contributed by atoms with Gasteiger partial charge in [-0.25, -0.2) is 0 Å². The van der Waals surface area contributed by atoms with Gasteiger partial charge in [-0.3, -0.25) is 0 Å². The Morgan fingerprint density at radius 3 is 2.40 bits per heavy atom. The molecule has 2 N–H and O–H groups in total.